The highest BCUT2D eigenvalue weighted by atomic mass is 35.5. The van der Waals surface area contributed by atoms with Crippen molar-refractivity contribution in [3.63, 3.8) is 0 Å². The molecule has 0 saturated carbocycles. The number of hydrogen-bond donors (Lipinski definition) is 1. The van der Waals surface area contributed by atoms with Crippen molar-refractivity contribution in [3.8, 4) is 11.1 Å². The molecule has 2 heterocycles. The predicted molar refractivity (Wildman–Crippen MR) is 106 cm³/mol. The monoisotopic (exact) mass is 485 g/mol. The summed E-state index contributed by atoms with van der Waals surface area (Å²) in [4.78, 5) is 23.6. The molecule has 176 valence electrons. The van der Waals surface area contributed by atoms with Gasteiger partial charge >= 0.3 is 6.18 Å². The standard InChI is InChI=1S/C14H8ClF6N5.C2H6.2CH2O/c1-5-23-13-24-11(15)10(9-7(17)2-6(16)3-8(9)18)12(26(13)25-5)22-4-14(19,20)21;3*1-2/h2-3,22H,4H2,1H3;1-2H3;2*1H2. The Bertz CT molecular complexity index is 1020. The Balaban J connectivity index is 0.00000148. The van der Waals surface area contributed by atoms with Gasteiger partial charge in [0.15, 0.2) is 0 Å². The van der Waals surface area contributed by atoms with Gasteiger partial charge in [0.1, 0.15) is 54.4 Å². The predicted octanol–water partition coefficient (Wildman–Crippen LogP) is 4.80. The van der Waals surface area contributed by atoms with Crippen LogP contribution in [0.2, 0.25) is 5.15 Å². The number of aromatic nitrogens is 4. The van der Waals surface area contributed by atoms with Crippen LogP contribution in [0.5, 0.6) is 0 Å². The van der Waals surface area contributed by atoms with Crippen molar-refractivity contribution in [2.75, 3.05) is 11.9 Å². The number of rotatable bonds is 3. The van der Waals surface area contributed by atoms with Crippen LogP contribution >= 0.6 is 11.6 Å². The van der Waals surface area contributed by atoms with Gasteiger partial charge in [0.25, 0.3) is 5.78 Å². The van der Waals surface area contributed by atoms with E-state index in [0.717, 1.165) is 4.52 Å². The van der Waals surface area contributed by atoms with E-state index in [1.807, 2.05) is 32.7 Å². The van der Waals surface area contributed by atoms with E-state index in [9.17, 15) is 26.3 Å². The fourth-order valence-corrected chi connectivity index (χ4v) is 2.58. The van der Waals surface area contributed by atoms with Crippen molar-refractivity contribution in [1.29, 1.82) is 0 Å². The Morgan fingerprint density at radius 3 is 1.97 bits per heavy atom. The normalized spacial score (nSPS) is 10.2. The second kappa shape index (κ2) is 12.6. The molecule has 1 N–H and O–H groups in total. The molecule has 0 bridgehead atoms. The van der Waals surface area contributed by atoms with Crippen molar-refractivity contribution >= 4 is 36.8 Å². The lowest BCUT2D eigenvalue weighted by atomic mass is 10.1. The van der Waals surface area contributed by atoms with Crippen molar-refractivity contribution in [2.24, 2.45) is 0 Å². The molecule has 3 aromatic rings. The minimum Gasteiger partial charge on any atom is -0.360 e. The van der Waals surface area contributed by atoms with Crippen LogP contribution in [0.25, 0.3) is 16.9 Å². The summed E-state index contributed by atoms with van der Waals surface area (Å²) in [5.74, 6) is -4.45. The maximum atomic E-state index is 14.2. The van der Waals surface area contributed by atoms with E-state index >= 15 is 0 Å². The summed E-state index contributed by atoms with van der Waals surface area (Å²) < 4.78 is 80.3. The van der Waals surface area contributed by atoms with Crippen LogP contribution in [0.1, 0.15) is 19.7 Å². The molecule has 0 unspecified atom stereocenters. The van der Waals surface area contributed by atoms with E-state index in [0.29, 0.717) is 12.1 Å². The maximum Gasteiger partial charge on any atom is 0.405 e. The Kier molecular flexibility index (Phi) is 11.3. The highest BCUT2D eigenvalue weighted by Crippen LogP contribution is 2.38. The number of aryl methyl sites for hydroxylation is 1. The number of anilines is 1. The highest BCUT2D eigenvalue weighted by molar-refractivity contribution is 6.33. The summed E-state index contributed by atoms with van der Waals surface area (Å²) in [6.45, 7) is 7.90. The summed E-state index contributed by atoms with van der Waals surface area (Å²) in [5.41, 5.74) is -1.38. The Morgan fingerprint density at radius 2 is 1.50 bits per heavy atom. The van der Waals surface area contributed by atoms with Crippen LogP contribution in [0.15, 0.2) is 12.1 Å². The number of halogens is 7. The Hall–Kier alpha value is -3.22. The molecule has 0 fully saturated rings. The minimum atomic E-state index is -4.64. The molecule has 0 amide bonds. The molecule has 3 rings (SSSR count). The summed E-state index contributed by atoms with van der Waals surface area (Å²) in [6.07, 6.45) is -4.64. The summed E-state index contributed by atoms with van der Waals surface area (Å²) in [5, 5.41) is 5.33. The lowest BCUT2D eigenvalue weighted by Crippen LogP contribution is -2.23. The van der Waals surface area contributed by atoms with Gasteiger partial charge in [-0.3, -0.25) is 0 Å². The van der Waals surface area contributed by atoms with Gasteiger partial charge in [-0.2, -0.15) is 27.7 Å². The summed E-state index contributed by atoms with van der Waals surface area (Å²) in [6, 6.07) is 0.748. The number of hydrogen-bond acceptors (Lipinski definition) is 6. The van der Waals surface area contributed by atoms with E-state index in [2.05, 4.69) is 15.1 Å². The largest absolute Gasteiger partial charge is 0.405 e. The number of nitrogens with zero attached hydrogens (tertiary/aromatic N) is 4. The molecule has 0 atom stereocenters. The zero-order valence-corrected chi connectivity index (χ0v) is 17.8. The third-order valence-corrected chi connectivity index (χ3v) is 3.54. The average molecular weight is 486 g/mol. The lowest BCUT2D eigenvalue weighted by Gasteiger charge is -2.16. The maximum absolute atomic E-state index is 14.2. The number of carbonyl (C=O) groups excluding carboxylic acids is 2. The van der Waals surface area contributed by atoms with Gasteiger partial charge in [0.05, 0.1) is 11.1 Å². The second-order valence-electron chi connectivity index (χ2n) is 5.21. The molecular formula is C18H18ClF6N5O2. The van der Waals surface area contributed by atoms with Crippen molar-refractivity contribution < 1.29 is 35.9 Å². The quantitative estimate of drug-likeness (QED) is 0.423. The number of fused-ring (bicyclic) bond motifs is 1. The third kappa shape index (κ3) is 6.90. The first-order valence-electron chi connectivity index (χ1n) is 8.53. The summed E-state index contributed by atoms with van der Waals surface area (Å²) >= 11 is 5.95. The zero-order chi connectivity index (χ0) is 25.2. The van der Waals surface area contributed by atoms with Crippen LogP contribution in [-0.4, -0.2) is 45.9 Å². The molecule has 0 aliphatic heterocycles. The van der Waals surface area contributed by atoms with E-state index in [4.69, 9.17) is 21.2 Å². The van der Waals surface area contributed by atoms with Gasteiger partial charge in [-0.25, -0.2) is 13.2 Å². The molecule has 0 aliphatic carbocycles. The van der Waals surface area contributed by atoms with Gasteiger partial charge in [-0.05, 0) is 6.92 Å². The third-order valence-electron chi connectivity index (χ3n) is 3.26. The first-order valence-corrected chi connectivity index (χ1v) is 8.91. The molecule has 32 heavy (non-hydrogen) atoms. The van der Waals surface area contributed by atoms with Crippen LogP contribution < -0.4 is 5.32 Å². The molecule has 14 heteroatoms. The highest BCUT2D eigenvalue weighted by Gasteiger charge is 2.30. The molecular weight excluding hydrogens is 468 g/mol. The van der Waals surface area contributed by atoms with E-state index in [-0.39, 0.29) is 11.6 Å². The molecule has 7 nitrogen and oxygen atoms in total. The number of nitrogens with one attached hydrogen (secondary N) is 1. The topological polar surface area (TPSA) is 89.2 Å². The van der Waals surface area contributed by atoms with Gasteiger partial charge < -0.3 is 14.9 Å². The van der Waals surface area contributed by atoms with Gasteiger partial charge in [0.2, 0.25) is 0 Å². The van der Waals surface area contributed by atoms with Crippen LogP contribution in [0.4, 0.5) is 32.2 Å². The molecule has 0 spiro atoms. The number of benzene rings is 1. The Labute approximate surface area is 183 Å². The van der Waals surface area contributed by atoms with Crippen LogP contribution in [0.3, 0.4) is 0 Å². The molecule has 0 aliphatic rings. The molecule has 1 aromatic carbocycles. The molecule has 2 aromatic heterocycles. The van der Waals surface area contributed by atoms with E-state index < -0.39 is 52.3 Å². The first kappa shape index (κ1) is 28.8. The van der Waals surface area contributed by atoms with Crippen molar-refractivity contribution in [2.45, 2.75) is 26.9 Å². The number of carbonyl (C=O) groups is 2. The SMILES string of the molecule is C=O.C=O.CC.Cc1nc2nc(Cl)c(-c3c(F)cc(F)cc3F)c(NCC(F)(F)F)n2n1. The Morgan fingerprint density at radius 1 is 1.00 bits per heavy atom. The summed E-state index contributed by atoms with van der Waals surface area (Å²) in [7, 11) is 0. The van der Waals surface area contributed by atoms with E-state index in [1.165, 1.54) is 6.92 Å². The lowest BCUT2D eigenvalue weighted by molar-refractivity contribution is -0.115. The fraction of sp³-hybridized carbons (Fsp3) is 0.278. The first-order chi connectivity index (χ1) is 15.1. The molecule has 0 radical (unpaired) electrons. The van der Waals surface area contributed by atoms with Crippen LogP contribution in [-0.2, 0) is 9.59 Å². The van der Waals surface area contributed by atoms with Crippen molar-refractivity contribution in [3.05, 3.63) is 40.6 Å². The van der Waals surface area contributed by atoms with Crippen molar-refractivity contribution in [1.82, 2.24) is 19.6 Å². The smallest absolute Gasteiger partial charge is 0.360 e. The number of alkyl halides is 3. The minimum absolute atomic E-state index is 0.140. The van der Waals surface area contributed by atoms with Gasteiger partial charge in [0, 0.05) is 12.1 Å². The average Bonchev–Trinajstić information content (AvgIpc) is 3.10. The van der Waals surface area contributed by atoms with Gasteiger partial charge in [-0.15, -0.1) is 5.10 Å². The van der Waals surface area contributed by atoms with E-state index in [1.54, 1.807) is 0 Å². The molecule has 0 saturated heterocycles. The van der Waals surface area contributed by atoms with Gasteiger partial charge in [-0.1, -0.05) is 25.4 Å². The fourth-order valence-electron chi connectivity index (χ4n) is 2.32. The second-order valence-corrected chi connectivity index (χ2v) is 5.57. The van der Waals surface area contributed by atoms with Crippen LogP contribution in [0, 0.1) is 24.4 Å². The zero-order valence-electron chi connectivity index (χ0n) is 17.0.